The Balaban J connectivity index is 1.72. The van der Waals surface area contributed by atoms with Gasteiger partial charge in [0.15, 0.2) is 0 Å². The van der Waals surface area contributed by atoms with Gasteiger partial charge in [-0.25, -0.2) is 0 Å². The molecule has 2 saturated carbocycles. The van der Waals surface area contributed by atoms with Gasteiger partial charge in [0.2, 0.25) is 0 Å². The highest BCUT2D eigenvalue weighted by Crippen LogP contribution is 2.49. The molecule has 2 atom stereocenters. The summed E-state index contributed by atoms with van der Waals surface area (Å²) in [5, 5.41) is 0. The lowest BCUT2D eigenvalue weighted by Gasteiger charge is -2.30. The fourth-order valence-electron chi connectivity index (χ4n) is 5.07. The first-order valence-corrected chi connectivity index (χ1v) is 9.58. The Kier molecular flexibility index (Phi) is 6.16. The molecule has 0 aromatic rings. The highest BCUT2D eigenvalue weighted by molar-refractivity contribution is 5.08. The Morgan fingerprint density at radius 1 is 0.500 bits per heavy atom. The lowest BCUT2D eigenvalue weighted by molar-refractivity contribution is 0.207. The van der Waals surface area contributed by atoms with Crippen molar-refractivity contribution in [1.82, 2.24) is 0 Å². The first-order chi connectivity index (χ1) is 10.9. The van der Waals surface area contributed by atoms with Gasteiger partial charge in [0.25, 0.3) is 0 Å². The molecule has 0 saturated heterocycles. The maximum atomic E-state index is 2.44. The molecule has 0 aromatic heterocycles. The van der Waals surface area contributed by atoms with E-state index in [0.29, 0.717) is 0 Å². The minimum absolute atomic E-state index is 0.951. The Hall–Kier alpha value is -1.04. The van der Waals surface area contributed by atoms with Crippen LogP contribution in [0.5, 0.6) is 0 Å². The Morgan fingerprint density at radius 3 is 1.55 bits per heavy atom. The minimum Gasteiger partial charge on any atom is -0.0843 e. The molecule has 0 nitrogen and oxygen atoms in total. The van der Waals surface area contributed by atoms with Crippen LogP contribution in [0.3, 0.4) is 0 Å². The smallest absolute Gasteiger partial charge is 0.0313 e. The molecule has 0 amide bonds. The van der Waals surface area contributed by atoms with Crippen LogP contribution >= 0.6 is 0 Å². The van der Waals surface area contributed by atoms with E-state index in [4.69, 9.17) is 0 Å². The van der Waals surface area contributed by atoms with Crippen molar-refractivity contribution >= 4 is 0 Å². The Bertz CT molecular complexity index is 397. The van der Waals surface area contributed by atoms with Crippen molar-refractivity contribution in [3.63, 3.8) is 0 Å². The maximum absolute atomic E-state index is 2.44. The monoisotopic (exact) mass is 296 g/mol. The van der Waals surface area contributed by atoms with Gasteiger partial charge in [-0.15, -0.1) is 0 Å². The summed E-state index contributed by atoms with van der Waals surface area (Å²) in [7, 11) is 0. The van der Waals surface area contributed by atoms with Gasteiger partial charge in [0.05, 0.1) is 0 Å². The molecule has 22 heavy (non-hydrogen) atoms. The minimum atomic E-state index is 0.951. The zero-order valence-corrected chi connectivity index (χ0v) is 14.0. The molecule has 0 N–H and O–H groups in total. The number of allylic oxidation sites excluding steroid dienone is 8. The summed E-state index contributed by atoms with van der Waals surface area (Å²) in [5.74, 6) is 3.93. The first kappa shape index (κ1) is 15.8. The van der Waals surface area contributed by atoms with Crippen molar-refractivity contribution < 1.29 is 0 Å². The summed E-state index contributed by atoms with van der Waals surface area (Å²) in [4.78, 5) is 0. The largest absolute Gasteiger partial charge is 0.0843 e. The van der Waals surface area contributed by atoms with E-state index in [1.165, 1.54) is 51.4 Å². The molecule has 0 radical (unpaired) electrons. The van der Waals surface area contributed by atoms with E-state index in [2.05, 4.69) is 48.6 Å². The van der Waals surface area contributed by atoms with Crippen molar-refractivity contribution in [2.75, 3.05) is 0 Å². The van der Waals surface area contributed by atoms with Crippen LogP contribution in [-0.2, 0) is 0 Å². The zero-order chi connectivity index (χ0) is 15.0. The van der Waals surface area contributed by atoms with Gasteiger partial charge >= 0.3 is 0 Å². The normalized spacial score (nSPS) is 33.9. The van der Waals surface area contributed by atoms with E-state index in [-0.39, 0.29) is 0 Å². The van der Waals surface area contributed by atoms with Crippen LogP contribution in [0.15, 0.2) is 48.6 Å². The van der Waals surface area contributed by atoms with Gasteiger partial charge in [0.1, 0.15) is 0 Å². The third-order valence-electron chi connectivity index (χ3n) is 6.09. The summed E-state index contributed by atoms with van der Waals surface area (Å²) in [6, 6.07) is 0. The molecule has 0 heteroatoms. The molecular formula is C22H32. The molecular weight excluding hydrogens is 264 g/mol. The van der Waals surface area contributed by atoms with E-state index in [1.54, 1.807) is 0 Å². The van der Waals surface area contributed by atoms with Crippen LogP contribution in [0.25, 0.3) is 0 Å². The second kappa shape index (κ2) is 8.56. The summed E-state index contributed by atoms with van der Waals surface area (Å²) in [5.41, 5.74) is 0. The number of fused-ring (bicyclic) bond motifs is 2. The molecule has 0 aromatic carbocycles. The summed E-state index contributed by atoms with van der Waals surface area (Å²) >= 11 is 0. The van der Waals surface area contributed by atoms with Gasteiger partial charge in [-0.05, 0) is 62.2 Å². The molecule has 2 unspecified atom stereocenters. The van der Waals surface area contributed by atoms with E-state index in [9.17, 15) is 0 Å². The standard InChI is InChI=1S/C22H32/c1-2-4-6-8-10-14-21-18-17-20(13-9-7-5-3-1)22(21)19-15-11-12-16-19/h3-10,19-22H,1-2,11-18H2. The van der Waals surface area contributed by atoms with E-state index < -0.39 is 0 Å². The van der Waals surface area contributed by atoms with Gasteiger partial charge in [-0.3, -0.25) is 0 Å². The predicted molar refractivity (Wildman–Crippen MR) is 96.7 cm³/mol. The summed E-state index contributed by atoms with van der Waals surface area (Å²) in [6.07, 6.45) is 32.4. The lowest BCUT2D eigenvalue weighted by Crippen LogP contribution is -2.22. The molecule has 2 fully saturated rings. The number of rotatable bonds is 1. The van der Waals surface area contributed by atoms with Crippen LogP contribution in [0.1, 0.15) is 64.2 Å². The third-order valence-corrected chi connectivity index (χ3v) is 6.09. The third kappa shape index (κ3) is 4.24. The molecule has 0 aliphatic heterocycles. The second-order valence-electron chi connectivity index (χ2n) is 7.48. The van der Waals surface area contributed by atoms with E-state index in [0.717, 1.165) is 36.5 Å². The molecule has 120 valence electrons. The van der Waals surface area contributed by atoms with Crippen LogP contribution in [0.4, 0.5) is 0 Å². The SMILES string of the molecule is C1=CCCC=CC=CCC2CCC(CC=C1)C2C1CCCC1. The maximum Gasteiger partial charge on any atom is -0.0313 e. The number of hydrogen-bond donors (Lipinski definition) is 0. The molecule has 3 rings (SSSR count). The molecule has 3 aliphatic carbocycles. The summed E-state index contributed by atoms with van der Waals surface area (Å²) < 4.78 is 0. The van der Waals surface area contributed by atoms with Gasteiger partial charge in [-0.2, -0.15) is 0 Å². The zero-order valence-electron chi connectivity index (χ0n) is 14.0. The molecule has 0 spiro atoms. The number of hydrogen-bond acceptors (Lipinski definition) is 0. The van der Waals surface area contributed by atoms with Crippen molar-refractivity contribution in [3.8, 4) is 0 Å². The highest BCUT2D eigenvalue weighted by atomic mass is 14.4. The fraction of sp³-hybridized carbons (Fsp3) is 0.636. The van der Waals surface area contributed by atoms with Gasteiger partial charge < -0.3 is 0 Å². The van der Waals surface area contributed by atoms with Gasteiger partial charge in [-0.1, -0.05) is 74.3 Å². The quantitative estimate of drug-likeness (QED) is 0.510. The fourth-order valence-corrected chi connectivity index (χ4v) is 5.07. The van der Waals surface area contributed by atoms with Crippen molar-refractivity contribution in [2.45, 2.75) is 64.2 Å². The Morgan fingerprint density at radius 2 is 1.00 bits per heavy atom. The predicted octanol–water partition coefficient (Wildman–Crippen LogP) is 6.62. The van der Waals surface area contributed by atoms with Crippen molar-refractivity contribution in [3.05, 3.63) is 48.6 Å². The highest BCUT2D eigenvalue weighted by Gasteiger charge is 2.40. The average molecular weight is 296 g/mol. The van der Waals surface area contributed by atoms with Crippen LogP contribution in [-0.4, -0.2) is 0 Å². The van der Waals surface area contributed by atoms with Crippen LogP contribution in [0, 0.1) is 23.7 Å². The van der Waals surface area contributed by atoms with E-state index >= 15 is 0 Å². The summed E-state index contributed by atoms with van der Waals surface area (Å²) in [6.45, 7) is 0. The van der Waals surface area contributed by atoms with Crippen molar-refractivity contribution in [2.24, 2.45) is 23.7 Å². The van der Waals surface area contributed by atoms with E-state index in [1.807, 2.05) is 0 Å². The molecule has 3 aliphatic rings. The average Bonchev–Trinajstić information content (AvgIpc) is 3.16. The van der Waals surface area contributed by atoms with Crippen LogP contribution < -0.4 is 0 Å². The van der Waals surface area contributed by atoms with Gasteiger partial charge in [0, 0.05) is 0 Å². The van der Waals surface area contributed by atoms with Crippen LogP contribution in [0.2, 0.25) is 0 Å². The first-order valence-electron chi connectivity index (χ1n) is 9.58. The van der Waals surface area contributed by atoms with Crippen molar-refractivity contribution in [1.29, 1.82) is 0 Å². The second-order valence-corrected chi connectivity index (χ2v) is 7.48. The topological polar surface area (TPSA) is 0 Å². The lowest BCUT2D eigenvalue weighted by atomic mass is 9.75. The Labute approximate surface area is 137 Å². The molecule has 0 heterocycles. The molecule has 2 bridgehead atoms.